The summed E-state index contributed by atoms with van der Waals surface area (Å²) in [5.74, 6) is 0.825. The van der Waals surface area contributed by atoms with E-state index >= 15 is 0 Å². The third kappa shape index (κ3) is 4.94. The largest absolute Gasteiger partial charge is 0.497 e. The van der Waals surface area contributed by atoms with E-state index in [-0.39, 0.29) is 5.54 Å². The minimum Gasteiger partial charge on any atom is -0.497 e. The number of nitrogens with zero attached hydrogens (tertiary/aromatic N) is 1. The van der Waals surface area contributed by atoms with Crippen molar-refractivity contribution in [3.05, 3.63) is 92.8 Å². The van der Waals surface area contributed by atoms with Crippen LogP contribution in [0.2, 0.25) is 0 Å². The smallest absolute Gasteiger partial charge is 0.328 e. The Morgan fingerprint density at radius 1 is 1.11 bits per heavy atom. The molecule has 0 atom stereocenters. The molecule has 0 fully saturated rings. The van der Waals surface area contributed by atoms with Gasteiger partial charge >= 0.3 is 5.69 Å². The minimum atomic E-state index is -0.409. The van der Waals surface area contributed by atoms with Crippen molar-refractivity contribution in [3.63, 3.8) is 0 Å². The van der Waals surface area contributed by atoms with Gasteiger partial charge in [0.25, 0.3) is 5.56 Å². The van der Waals surface area contributed by atoms with Gasteiger partial charge in [-0.05, 0) is 55.1 Å². The number of benzene rings is 2. The molecule has 2 N–H and O–H groups in total. The first-order valence-electron chi connectivity index (χ1n) is 8.85. The summed E-state index contributed by atoms with van der Waals surface area (Å²) < 4.78 is 10.2. The lowest BCUT2D eigenvalue weighted by molar-refractivity contribution is 0.413. The van der Waals surface area contributed by atoms with Crippen molar-refractivity contribution >= 4 is 11.9 Å². The first kappa shape index (κ1) is 20.0. The Labute approximate surface area is 167 Å². The third-order valence-electron chi connectivity index (χ3n) is 4.39. The highest BCUT2D eigenvalue weighted by Crippen LogP contribution is 2.28. The Morgan fingerprint density at radius 2 is 1.86 bits per heavy atom. The van der Waals surface area contributed by atoms with Crippen LogP contribution in [0.15, 0.2) is 75.3 Å². The number of hydrogen-bond acceptors (Lipinski definition) is 5. The molecule has 0 spiro atoms. The van der Waals surface area contributed by atoms with E-state index in [1.165, 1.54) is 16.8 Å². The maximum absolute atomic E-state index is 11.8. The van der Waals surface area contributed by atoms with Gasteiger partial charge in [-0.3, -0.25) is 14.3 Å². The number of ether oxygens (including phenoxy) is 1. The highest BCUT2D eigenvalue weighted by Gasteiger charge is 2.20. The first-order chi connectivity index (χ1) is 13.4. The van der Waals surface area contributed by atoms with Gasteiger partial charge in [0, 0.05) is 22.7 Å². The molecule has 6 nitrogen and oxygen atoms in total. The van der Waals surface area contributed by atoms with Crippen LogP contribution < -0.4 is 20.7 Å². The molecule has 0 unspecified atom stereocenters. The Balaban J connectivity index is 1.68. The molecule has 0 aliphatic rings. The average Bonchev–Trinajstić information content (AvgIpc) is 2.69. The van der Waals surface area contributed by atoms with Crippen molar-refractivity contribution in [2.45, 2.75) is 30.8 Å². The SMILES string of the molecule is COc1cccc(SNC(C)(C)c2ccc(Cn3ccc(=O)[nH]c3=O)cc2)c1. The summed E-state index contributed by atoms with van der Waals surface area (Å²) in [6.07, 6.45) is 1.51. The van der Waals surface area contributed by atoms with Gasteiger partial charge in [-0.1, -0.05) is 30.3 Å². The lowest BCUT2D eigenvalue weighted by Crippen LogP contribution is -2.31. The predicted molar refractivity (Wildman–Crippen MR) is 112 cm³/mol. The fraction of sp³-hybridized carbons (Fsp3) is 0.238. The highest BCUT2D eigenvalue weighted by molar-refractivity contribution is 7.97. The second-order valence-electron chi connectivity index (χ2n) is 6.94. The molecule has 0 aliphatic carbocycles. The van der Waals surface area contributed by atoms with Gasteiger partial charge in [0.1, 0.15) is 5.75 Å². The van der Waals surface area contributed by atoms with Crippen LogP contribution in [0.25, 0.3) is 0 Å². The van der Waals surface area contributed by atoms with Gasteiger partial charge < -0.3 is 4.74 Å². The van der Waals surface area contributed by atoms with E-state index in [1.807, 2.05) is 48.5 Å². The summed E-state index contributed by atoms with van der Waals surface area (Å²) >= 11 is 1.55. The summed E-state index contributed by atoms with van der Waals surface area (Å²) in [6, 6.07) is 17.3. The van der Waals surface area contributed by atoms with Crippen LogP contribution in [-0.2, 0) is 12.1 Å². The second-order valence-corrected chi connectivity index (χ2v) is 7.82. The second kappa shape index (κ2) is 8.50. The van der Waals surface area contributed by atoms with Crippen molar-refractivity contribution in [2.75, 3.05) is 7.11 Å². The molecule has 0 saturated heterocycles. The Kier molecular flexibility index (Phi) is 6.06. The summed E-state index contributed by atoms with van der Waals surface area (Å²) in [5, 5.41) is 0. The number of methoxy groups -OCH3 is 1. The van der Waals surface area contributed by atoms with Crippen LogP contribution in [0.1, 0.15) is 25.0 Å². The number of aromatic nitrogens is 2. The van der Waals surface area contributed by atoms with Gasteiger partial charge in [0.05, 0.1) is 13.7 Å². The molecule has 3 aromatic rings. The first-order valence-corrected chi connectivity index (χ1v) is 9.66. The van der Waals surface area contributed by atoms with Gasteiger partial charge in [0.15, 0.2) is 0 Å². The molecule has 146 valence electrons. The molecule has 0 saturated carbocycles. The van der Waals surface area contributed by atoms with E-state index in [0.29, 0.717) is 6.54 Å². The van der Waals surface area contributed by atoms with Crippen molar-refractivity contribution < 1.29 is 4.74 Å². The van der Waals surface area contributed by atoms with Gasteiger partial charge in [-0.25, -0.2) is 9.52 Å². The van der Waals surface area contributed by atoms with Crippen molar-refractivity contribution in [3.8, 4) is 5.75 Å². The molecule has 2 aromatic carbocycles. The van der Waals surface area contributed by atoms with Crippen LogP contribution in [-0.4, -0.2) is 16.7 Å². The van der Waals surface area contributed by atoms with Crippen LogP contribution in [0.3, 0.4) is 0 Å². The molecular formula is C21H23N3O3S. The summed E-state index contributed by atoms with van der Waals surface area (Å²) in [4.78, 5) is 26.3. The van der Waals surface area contributed by atoms with Crippen molar-refractivity contribution in [1.82, 2.24) is 14.3 Å². The average molecular weight is 398 g/mol. The normalized spacial score (nSPS) is 11.4. The van der Waals surface area contributed by atoms with Gasteiger partial charge in [-0.2, -0.15) is 0 Å². The number of nitrogens with one attached hydrogen (secondary N) is 2. The lowest BCUT2D eigenvalue weighted by Gasteiger charge is -2.26. The van der Waals surface area contributed by atoms with Crippen LogP contribution >= 0.6 is 11.9 Å². The topological polar surface area (TPSA) is 76.1 Å². The van der Waals surface area contributed by atoms with Crippen LogP contribution in [0.5, 0.6) is 5.75 Å². The Morgan fingerprint density at radius 3 is 2.54 bits per heavy atom. The van der Waals surface area contributed by atoms with Gasteiger partial charge in [0.2, 0.25) is 0 Å². The fourth-order valence-corrected chi connectivity index (χ4v) is 3.51. The molecule has 0 radical (unpaired) electrons. The maximum atomic E-state index is 11.8. The van der Waals surface area contributed by atoms with Crippen LogP contribution in [0.4, 0.5) is 0 Å². The molecular weight excluding hydrogens is 374 g/mol. The third-order valence-corrected chi connectivity index (χ3v) is 5.49. The van der Waals surface area contributed by atoms with E-state index in [4.69, 9.17) is 4.74 Å². The van der Waals surface area contributed by atoms with E-state index in [9.17, 15) is 9.59 Å². The van der Waals surface area contributed by atoms with E-state index in [0.717, 1.165) is 21.8 Å². The zero-order valence-electron chi connectivity index (χ0n) is 16.1. The predicted octanol–water partition coefficient (Wildman–Crippen LogP) is 3.13. The molecule has 1 heterocycles. The monoisotopic (exact) mass is 397 g/mol. The molecule has 3 rings (SSSR count). The maximum Gasteiger partial charge on any atom is 0.328 e. The summed E-state index contributed by atoms with van der Waals surface area (Å²) in [6.45, 7) is 4.63. The van der Waals surface area contributed by atoms with E-state index in [1.54, 1.807) is 19.1 Å². The van der Waals surface area contributed by atoms with Crippen molar-refractivity contribution in [1.29, 1.82) is 0 Å². The molecule has 1 aromatic heterocycles. The van der Waals surface area contributed by atoms with E-state index in [2.05, 4.69) is 23.6 Å². The fourth-order valence-electron chi connectivity index (χ4n) is 2.70. The summed E-state index contributed by atoms with van der Waals surface area (Å²) in [5.41, 5.74) is 1.04. The lowest BCUT2D eigenvalue weighted by atomic mass is 9.95. The molecule has 0 bridgehead atoms. The molecule has 28 heavy (non-hydrogen) atoms. The number of H-pyrrole nitrogens is 1. The molecule has 7 heteroatoms. The van der Waals surface area contributed by atoms with Gasteiger partial charge in [-0.15, -0.1) is 0 Å². The minimum absolute atomic E-state index is 0.263. The highest BCUT2D eigenvalue weighted by atomic mass is 32.2. The summed E-state index contributed by atoms with van der Waals surface area (Å²) in [7, 11) is 1.66. The number of hydrogen-bond donors (Lipinski definition) is 2. The van der Waals surface area contributed by atoms with Crippen molar-refractivity contribution in [2.24, 2.45) is 0 Å². The van der Waals surface area contributed by atoms with E-state index < -0.39 is 11.2 Å². The quantitative estimate of drug-likeness (QED) is 0.599. The standard InChI is InChI=1S/C21H23N3O3S/c1-21(2,23-28-18-6-4-5-17(13-18)27-3)16-9-7-15(8-10-16)14-24-12-11-19(25)22-20(24)26/h4-13,23H,14H2,1-3H3,(H,22,25,26). The Bertz CT molecular complexity index is 1060. The zero-order chi connectivity index (χ0) is 20.1. The van der Waals surface area contributed by atoms with Crippen LogP contribution in [0, 0.1) is 0 Å². The zero-order valence-corrected chi connectivity index (χ0v) is 16.9. The number of aromatic amines is 1. The Hall–Kier alpha value is -2.77. The number of rotatable bonds is 7. The molecule has 0 amide bonds. The molecule has 0 aliphatic heterocycles.